The summed E-state index contributed by atoms with van der Waals surface area (Å²) in [4.78, 5) is 35.0. The van der Waals surface area contributed by atoms with Crippen LogP contribution in [-0.4, -0.2) is 49.3 Å². The molecule has 0 aromatic heterocycles. The minimum absolute atomic E-state index is 0.00178. The summed E-state index contributed by atoms with van der Waals surface area (Å²) in [6.45, 7) is 3.55. The topological polar surface area (TPSA) is 134 Å². The Kier molecular flexibility index (Phi) is 59.1. The lowest BCUT2D eigenvalue weighted by molar-refractivity contribution is -0.160. The predicted molar refractivity (Wildman–Crippen MR) is 321 cm³/mol. The second kappa shape index (κ2) is 60.9. The second-order valence-corrected chi connectivity index (χ2v) is 22.7. The molecule has 0 bridgehead atoms. The molecule has 438 valence electrons. The fourth-order valence-corrected chi connectivity index (χ4v) is 10.1. The number of esters is 2. The van der Waals surface area contributed by atoms with E-state index in [2.05, 4.69) is 56.4 Å². The highest BCUT2D eigenvalue weighted by molar-refractivity contribution is 7.47. The van der Waals surface area contributed by atoms with Crippen LogP contribution in [0.15, 0.2) is 60.8 Å². The molecule has 0 fully saturated rings. The number of unbranched alkanes of at least 4 members (excludes halogenated alkanes) is 38. The largest absolute Gasteiger partial charge is 0.472 e. The maximum atomic E-state index is 12.6. The van der Waals surface area contributed by atoms with E-state index in [1.165, 1.54) is 231 Å². The number of phosphoric acid groups is 1. The lowest BCUT2D eigenvalue weighted by Gasteiger charge is -2.19. The molecule has 9 nitrogen and oxygen atoms in total. The Morgan fingerprint density at radius 1 is 0.413 bits per heavy atom. The molecular weight excluding hydrogens is 954 g/mol. The Bertz CT molecular complexity index is 1410. The molecule has 0 aromatic rings. The van der Waals surface area contributed by atoms with E-state index in [1.807, 2.05) is 12.2 Å². The molecule has 0 aliphatic rings. The normalized spacial score (nSPS) is 13.4. The Hall–Kier alpha value is -2.29. The average molecular weight is 1070 g/mol. The first kappa shape index (κ1) is 72.7. The van der Waals surface area contributed by atoms with E-state index in [4.69, 9.17) is 24.3 Å². The lowest BCUT2D eigenvalue weighted by atomic mass is 10.0. The molecule has 0 aromatic carbocycles. The summed E-state index contributed by atoms with van der Waals surface area (Å²) in [6.07, 6.45) is 78.1. The van der Waals surface area contributed by atoms with Gasteiger partial charge in [-0.1, -0.05) is 319 Å². The fraction of sp³-hybridized carbons (Fsp3) is 0.815. The first-order valence-corrected chi connectivity index (χ1v) is 33.3. The van der Waals surface area contributed by atoms with Gasteiger partial charge in [0.25, 0.3) is 0 Å². The molecule has 2 atom stereocenters. The van der Waals surface area contributed by atoms with Crippen molar-refractivity contribution in [2.24, 2.45) is 5.73 Å². The van der Waals surface area contributed by atoms with Gasteiger partial charge in [-0.05, 0) is 38.5 Å². The minimum Gasteiger partial charge on any atom is -0.462 e. The van der Waals surface area contributed by atoms with Gasteiger partial charge >= 0.3 is 19.8 Å². The Morgan fingerprint density at radius 3 is 1.04 bits per heavy atom. The zero-order valence-electron chi connectivity index (χ0n) is 49.0. The molecule has 0 saturated heterocycles. The van der Waals surface area contributed by atoms with Crippen LogP contribution < -0.4 is 5.73 Å². The standard InChI is InChI=1S/C65H120NO8P/c1-3-5-7-9-11-13-15-17-19-20-21-22-23-24-25-26-27-28-29-30-31-32-33-34-35-36-37-38-39-40-41-42-44-45-47-49-51-53-55-57-64(67)71-61-63(62-73-75(69,70)72-60-59-66)74-65(68)58-56-54-52-50-48-46-43-18-16-14-12-10-8-6-4-2/h6,8,12,14,18,43,48,50,54,56,63H,3-5,7,9-11,13,15-17,19-42,44-47,49,51-53,55,57-62,66H2,1-2H3,(H,69,70)/b8-6-,14-12-,43-18-,50-48-,56-54-. The van der Waals surface area contributed by atoms with Gasteiger partial charge in [-0.15, -0.1) is 0 Å². The van der Waals surface area contributed by atoms with Crippen LogP contribution in [0.2, 0.25) is 0 Å². The highest BCUT2D eigenvalue weighted by atomic mass is 31.2. The summed E-state index contributed by atoms with van der Waals surface area (Å²) < 4.78 is 32.8. The van der Waals surface area contributed by atoms with Crippen molar-refractivity contribution in [2.75, 3.05) is 26.4 Å². The van der Waals surface area contributed by atoms with E-state index in [9.17, 15) is 19.0 Å². The van der Waals surface area contributed by atoms with Crippen LogP contribution in [-0.2, 0) is 32.7 Å². The quantitative estimate of drug-likeness (QED) is 0.0264. The molecule has 0 amide bonds. The molecule has 0 aliphatic heterocycles. The third-order valence-electron chi connectivity index (χ3n) is 14.0. The van der Waals surface area contributed by atoms with Crippen LogP contribution in [0.1, 0.15) is 309 Å². The van der Waals surface area contributed by atoms with Gasteiger partial charge in [-0.25, -0.2) is 4.57 Å². The van der Waals surface area contributed by atoms with Crippen LogP contribution in [0.25, 0.3) is 0 Å². The van der Waals surface area contributed by atoms with Crippen LogP contribution in [0.4, 0.5) is 0 Å². The summed E-state index contributed by atoms with van der Waals surface area (Å²) in [5.74, 6) is -0.967. The van der Waals surface area contributed by atoms with E-state index < -0.39 is 32.5 Å². The van der Waals surface area contributed by atoms with Crippen LogP contribution in [0.5, 0.6) is 0 Å². The first-order chi connectivity index (χ1) is 36.8. The van der Waals surface area contributed by atoms with Crippen LogP contribution in [0.3, 0.4) is 0 Å². The van der Waals surface area contributed by atoms with Crippen LogP contribution >= 0.6 is 7.82 Å². The van der Waals surface area contributed by atoms with Gasteiger partial charge in [0.05, 0.1) is 19.6 Å². The van der Waals surface area contributed by atoms with Crippen molar-refractivity contribution in [1.29, 1.82) is 0 Å². The van der Waals surface area contributed by atoms with E-state index in [-0.39, 0.29) is 32.6 Å². The van der Waals surface area contributed by atoms with E-state index in [0.29, 0.717) is 6.42 Å². The molecule has 0 aliphatic carbocycles. The van der Waals surface area contributed by atoms with E-state index >= 15 is 0 Å². The maximum Gasteiger partial charge on any atom is 0.472 e. The number of hydrogen-bond donors (Lipinski definition) is 2. The molecule has 3 N–H and O–H groups in total. The molecule has 0 heterocycles. The zero-order chi connectivity index (χ0) is 54.5. The van der Waals surface area contributed by atoms with Gasteiger partial charge in [0, 0.05) is 13.0 Å². The average Bonchev–Trinajstić information content (AvgIpc) is 3.40. The summed E-state index contributed by atoms with van der Waals surface area (Å²) in [6, 6.07) is 0. The van der Waals surface area contributed by atoms with Crippen molar-refractivity contribution >= 4 is 19.8 Å². The number of allylic oxidation sites excluding steroid dienone is 9. The number of phosphoric ester groups is 1. The van der Waals surface area contributed by atoms with Crippen molar-refractivity contribution in [3.05, 3.63) is 60.8 Å². The third kappa shape index (κ3) is 60.8. The zero-order valence-corrected chi connectivity index (χ0v) is 49.9. The summed E-state index contributed by atoms with van der Waals surface area (Å²) >= 11 is 0. The fourth-order valence-electron chi connectivity index (χ4n) is 9.30. The maximum absolute atomic E-state index is 12.6. The predicted octanol–water partition coefficient (Wildman–Crippen LogP) is 20.3. The molecule has 2 unspecified atom stereocenters. The van der Waals surface area contributed by atoms with Gasteiger partial charge < -0.3 is 20.1 Å². The van der Waals surface area contributed by atoms with E-state index in [0.717, 1.165) is 44.9 Å². The minimum atomic E-state index is -4.41. The van der Waals surface area contributed by atoms with Crippen molar-refractivity contribution in [3.63, 3.8) is 0 Å². The molecule has 0 spiro atoms. The lowest BCUT2D eigenvalue weighted by Crippen LogP contribution is -2.29. The van der Waals surface area contributed by atoms with Gasteiger partial charge in [0.2, 0.25) is 0 Å². The third-order valence-corrected chi connectivity index (χ3v) is 14.9. The Labute approximate surface area is 463 Å². The van der Waals surface area contributed by atoms with Crippen LogP contribution in [0, 0.1) is 0 Å². The molecule has 0 saturated carbocycles. The molecule has 10 heteroatoms. The number of nitrogens with two attached hydrogens (primary N) is 1. The van der Waals surface area contributed by atoms with Crippen molar-refractivity contribution in [3.8, 4) is 0 Å². The monoisotopic (exact) mass is 1070 g/mol. The van der Waals surface area contributed by atoms with Gasteiger partial charge in [-0.2, -0.15) is 0 Å². The number of carbonyl (C=O) groups excluding carboxylic acids is 2. The first-order valence-electron chi connectivity index (χ1n) is 31.8. The van der Waals surface area contributed by atoms with Gasteiger partial charge in [0.1, 0.15) is 6.61 Å². The van der Waals surface area contributed by atoms with Gasteiger partial charge in [0.15, 0.2) is 6.10 Å². The number of carbonyl (C=O) groups is 2. The Morgan fingerprint density at radius 2 is 0.720 bits per heavy atom. The van der Waals surface area contributed by atoms with Crippen molar-refractivity contribution < 1.29 is 37.6 Å². The second-order valence-electron chi connectivity index (χ2n) is 21.3. The molecular formula is C65H120NO8P. The highest BCUT2D eigenvalue weighted by Crippen LogP contribution is 2.43. The molecule has 0 rings (SSSR count). The summed E-state index contributed by atoms with van der Waals surface area (Å²) in [7, 11) is -4.41. The summed E-state index contributed by atoms with van der Waals surface area (Å²) in [5, 5.41) is 0. The number of ether oxygens (including phenoxy) is 2. The smallest absolute Gasteiger partial charge is 0.462 e. The molecule has 75 heavy (non-hydrogen) atoms. The highest BCUT2D eigenvalue weighted by Gasteiger charge is 2.26. The number of rotatable bonds is 60. The van der Waals surface area contributed by atoms with Crippen molar-refractivity contribution in [2.45, 2.75) is 315 Å². The number of hydrogen-bond acceptors (Lipinski definition) is 8. The molecule has 0 radical (unpaired) electrons. The van der Waals surface area contributed by atoms with Gasteiger partial charge in [-0.3, -0.25) is 18.6 Å². The summed E-state index contributed by atoms with van der Waals surface area (Å²) in [5.41, 5.74) is 5.37. The van der Waals surface area contributed by atoms with E-state index in [1.54, 1.807) is 6.08 Å². The van der Waals surface area contributed by atoms with Crippen molar-refractivity contribution in [1.82, 2.24) is 0 Å². The Balaban J connectivity index is 3.76. The SMILES string of the molecule is CC/C=C\C/C=C\C/C=C\C/C=C\C/C=C\CC(=O)OC(COC(=O)CCCCCCCCCCCCCCCCCCCCCCCCCCCCCCCCCCCCCCCCC)COP(=O)(O)OCCN.